The fraction of sp³-hybridized carbons (Fsp3) is 0.364. The standard InChI is InChI=1S/C22H26N4O/c23-21(24)17-6-7-19-18(13-17)14-20(25-19)22(27)26-10-8-16(9-11-26)12-15-4-2-1-3-5-15/h1-2,4,6-7,13-14,16,25H,3,5,8-12H2,(H3,23,24). The van der Waals surface area contributed by atoms with Gasteiger partial charge in [-0.15, -0.1) is 0 Å². The lowest BCUT2D eigenvalue weighted by atomic mass is 9.87. The van der Waals surface area contributed by atoms with Crippen LogP contribution in [0.15, 0.2) is 48.1 Å². The van der Waals surface area contributed by atoms with Crippen LogP contribution in [0.2, 0.25) is 0 Å². The maximum Gasteiger partial charge on any atom is 0.270 e. The van der Waals surface area contributed by atoms with Crippen molar-refractivity contribution in [3.05, 3.63) is 59.3 Å². The summed E-state index contributed by atoms with van der Waals surface area (Å²) in [6.45, 7) is 1.64. The number of aromatic amines is 1. The van der Waals surface area contributed by atoms with Crippen molar-refractivity contribution in [3.63, 3.8) is 0 Å². The van der Waals surface area contributed by atoms with Crippen LogP contribution in [0.1, 0.15) is 48.2 Å². The lowest BCUT2D eigenvalue weighted by molar-refractivity contribution is 0.0685. The molecule has 1 aliphatic heterocycles. The van der Waals surface area contributed by atoms with Gasteiger partial charge < -0.3 is 15.6 Å². The second-order valence-electron chi connectivity index (χ2n) is 7.63. The predicted molar refractivity (Wildman–Crippen MR) is 109 cm³/mol. The zero-order valence-electron chi connectivity index (χ0n) is 15.5. The minimum atomic E-state index is 0.0385. The molecule has 27 heavy (non-hydrogen) atoms. The Balaban J connectivity index is 1.40. The van der Waals surface area contributed by atoms with E-state index in [4.69, 9.17) is 11.1 Å². The molecule has 0 spiro atoms. The molecule has 4 N–H and O–H groups in total. The molecule has 1 saturated heterocycles. The maximum absolute atomic E-state index is 12.9. The van der Waals surface area contributed by atoms with Crippen LogP contribution in [0.25, 0.3) is 10.9 Å². The summed E-state index contributed by atoms with van der Waals surface area (Å²) in [5.41, 5.74) is 9.30. The van der Waals surface area contributed by atoms with E-state index < -0.39 is 0 Å². The second-order valence-corrected chi connectivity index (χ2v) is 7.63. The molecular formula is C22H26N4O. The van der Waals surface area contributed by atoms with Crippen LogP contribution in [-0.4, -0.2) is 34.7 Å². The number of fused-ring (bicyclic) bond motifs is 1. The Kier molecular flexibility index (Phi) is 4.84. The fourth-order valence-electron chi connectivity index (χ4n) is 4.12. The monoisotopic (exact) mass is 362 g/mol. The number of aromatic nitrogens is 1. The number of allylic oxidation sites excluding steroid dienone is 4. The van der Waals surface area contributed by atoms with Crippen molar-refractivity contribution in [2.75, 3.05) is 13.1 Å². The van der Waals surface area contributed by atoms with E-state index in [1.54, 1.807) is 11.6 Å². The van der Waals surface area contributed by atoms with Gasteiger partial charge in [0.1, 0.15) is 11.5 Å². The van der Waals surface area contributed by atoms with Gasteiger partial charge in [0.2, 0.25) is 0 Å². The van der Waals surface area contributed by atoms with Gasteiger partial charge in [0.15, 0.2) is 0 Å². The normalized spacial score (nSPS) is 17.9. The number of H-pyrrole nitrogens is 1. The van der Waals surface area contributed by atoms with Gasteiger partial charge >= 0.3 is 0 Å². The first-order chi connectivity index (χ1) is 13.1. The van der Waals surface area contributed by atoms with Crippen molar-refractivity contribution in [3.8, 4) is 0 Å². The number of benzene rings is 1. The fourth-order valence-corrected chi connectivity index (χ4v) is 4.12. The summed E-state index contributed by atoms with van der Waals surface area (Å²) in [7, 11) is 0. The number of carbonyl (C=O) groups is 1. The number of nitrogens with one attached hydrogen (secondary N) is 2. The molecule has 5 nitrogen and oxygen atoms in total. The number of nitrogens with two attached hydrogens (primary N) is 1. The van der Waals surface area contributed by atoms with Crippen molar-refractivity contribution >= 4 is 22.6 Å². The third-order valence-electron chi connectivity index (χ3n) is 5.71. The van der Waals surface area contributed by atoms with E-state index in [1.807, 2.05) is 23.1 Å². The number of amidine groups is 1. The molecule has 1 aliphatic carbocycles. The van der Waals surface area contributed by atoms with E-state index in [0.29, 0.717) is 17.2 Å². The number of likely N-dealkylation sites (tertiary alicyclic amines) is 1. The van der Waals surface area contributed by atoms with Gasteiger partial charge in [-0.1, -0.05) is 23.8 Å². The van der Waals surface area contributed by atoms with Gasteiger partial charge in [0.05, 0.1) is 0 Å². The molecule has 0 bridgehead atoms. The van der Waals surface area contributed by atoms with E-state index in [1.165, 1.54) is 12.8 Å². The molecule has 1 fully saturated rings. The minimum Gasteiger partial charge on any atom is -0.384 e. The number of carbonyl (C=O) groups excluding carboxylic acids is 1. The van der Waals surface area contributed by atoms with Crippen LogP contribution in [0.3, 0.4) is 0 Å². The van der Waals surface area contributed by atoms with Gasteiger partial charge in [-0.3, -0.25) is 10.2 Å². The third kappa shape index (κ3) is 3.82. The molecule has 1 aromatic heterocycles. The molecule has 4 rings (SSSR count). The van der Waals surface area contributed by atoms with Crippen molar-refractivity contribution in [2.24, 2.45) is 11.7 Å². The topological polar surface area (TPSA) is 86.0 Å². The molecular weight excluding hydrogens is 336 g/mol. The highest BCUT2D eigenvalue weighted by molar-refractivity contribution is 6.02. The molecule has 0 saturated carbocycles. The summed E-state index contributed by atoms with van der Waals surface area (Å²) in [6, 6.07) is 7.40. The van der Waals surface area contributed by atoms with Crippen LogP contribution < -0.4 is 5.73 Å². The summed E-state index contributed by atoms with van der Waals surface area (Å²) < 4.78 is 0. The molecule has 1 aromatic carbocycles. The van der Waals surface area contributed by atoms with Crippen molar-refractivity contribution < 1.29 is 4.79 Å². The van der Waals surface area contributed by atoms with Gasteiger partial charge in [-0.05, 0) is 62.3 Å². The number of rotatable bonds is 4. The first-order valence-corrected chi connectivity index (χ1v) is 9.71. The van der Waals surface area contributed by atoms with Crippen LogP contribution in [0.4, 0.5) is 0 Å². The Bertz CT molecular complexity index is 929. The largest absolute Gasteiger partial charge is 0.384 e. The first-order valence-electron chi connectivity index (χ1n) is 9.71. The number of hydrogen-bond donors (Lipinski definition) is 3. The van der Waals surface area contributed by atoms with Crippen LogP contribution in [0.5, 0.6) is 0 Å². The van der Waals surface area contributed by atoms with Crippen molar-refractivity contribution in [1.82, 2.24) is 9.88 Å². The molecule has 2 aromatic rings. The maximum atomic E-state index is 12.9. The summed E-state index contributed by atoms with van der Waals surface area (Å²) in [5.74, 6) is 0.790. The molecule has 5 heteroatoms. The van der Waals surface area contributed by atoms with Gasteiger partial charge in [-0.2, -0.15) is 0 Å². The summed E-state index contributed by atoms with van der Waals surface area (Å²) in [5, 5.41) is 8.47. The predicted octanol–water partition coefficient (Wildman–Crippen LogP) is 3.97. The Hall–Kier alpha value is -2.82. The molecule has 2 heterocycles. The Morgan fingerprint density at radius 1 is 1.26 bits per heavy atom. The number of amides is 1. The molecule has 2 aliphatic rings. The number of nitrogen functional groups attached to an aromatic ring is 1. The highest BCUT2D eigenvalue weighted by Gasteiger charge is 2.25. The zero-order valence-corrected chi connectivity index (χ0v) is 15.5. The van der Waals surface area contributed by atoms with E-state index in [2.05, 4.69) is 23.2 Å². The highest BCUT2D eigenvalue weighted by atomic mass is 16.2. The van der Waals surface area contributed by atoms with E-state index >= 15 is 0 Å². The Labute approximate surface area is 159 Å². The van der Waals surface area contributed by atoms with Gasteiger partial charge in [0, 0.05) is 29.6 Å². The smallest absolute Gasteiger partial charge is 0.270 e. The molecule has 0 atom stereocenters. The average Bonchev–Trinajstić information content (AvgIpc) is 3.12. The van der Waals surface area contributed by atoms with E-state index in [9.17, 15) is 4.79 Å². The quantitative estimate of drug-likeness (QED) is 0.568. The minimum absolute atomic E-state index is 0.0385. The Morgan fingerprint density at radius 2 is 2.07 bits per heavy atom. The molecule has 140 valence electrons. The van der Waals surface area contributed by atoms with Crippen LogP contribution in [0, 0.1) is 11.3 Å². The third-order valence-corrected chi connectivity index (χ3v) is 5.71. The zero-order chi connectivity index (χ0) is 18.8. The lowest BCUT2D eigenvalue weighted by Gasteiger charge is -2.32. The number of piperidine rings is 1. The summed E-state index contributed by atoms with van der Waals surface area (Å²) in [6.07, 6.45) is 12.3. The number of hydrogen-bond acceptors (Lipinski definition) is 2. The first kappa shape index (κ1) is 17.6. The lowest BCUT2D eigenvalue weighted by Crippen LogP contribution is -2.38. The summed E-state index contributed by atoms with van der Waals surface area (Å²) >= 11 is 0. The summed E-state index contributed by atoms with van der Waals surface area (Å²) in [4.78, 5) is 18.1. The average molecular weight is 362 g/mol. The van der Waals surface area contributed by atoms with Gasteiger partial charge in [-0.25, -0.2) is 0 Å². The highest BCUT2D eigenvalue weighted by Crippen LogP contribution is 2.28. The van der Waals surface area contributed by atoms with Crippen molar-refractivity contribution in [1.29, 1.82) is 5.41 Å². The molecule has 1 amide bonds. The van der Waals surface area contributed by atoms with Gasteiger partial charge in [0.25, 0.3) is 5.91 Å². The second kappa shape index (κ2) is 7.43. The molecule has 0 unspecified atom stereocenters. The number of nitrogens with zero attached hydrogens (tertiary/aromatic N) is 1. The Morgan fingerprint density at radius 3 is 2.78 bits per heavy atom. The van der Waals surface area contributed by atoms with Crippen LogP contribution >= 0.6 is 0 Å². The molecule has 0 radical (unpaired) electrons. The SMILES string of the molecule is N=C(N)c1ccc2[nH]c(C(=O)N3CCC(CC4=CC=CCC4)CC3)cc2c1. The van der Waals surface area contributed by atoms with Crippen LogP contribution in [-0.2, 0) is 0 Å². The van der Waals surface area contributed by atoms with E-state index in [-0.39, 0.29) is 11.7 Å². The van der Waals surface area contributed by atoms with E-state index in [0.717, 1.165) is 43.3 Å². The van der Waals surface area contributed by atoms with Crippen molar-refractivity contribution in [2.45, 2.75) is 32.1 Å².